The first-order valence-corrected chi connectivity index (χ1v) is 4.93. The number of nitrogens with zero attached hydrogens (tertiary/aromatic N) is 3. The van der Waals surface area contributed by atoms with Gasteiger partial charge in [-0.25, -0.2) is 24.1 Å². The Kier molecular flexibility index (Phi) is 2.67. The molecule has 7 nitrogen and oxygen atoms in total. The van der Waals surface area contributed by atoms with Gasteiger partial charge in [0.05, 0.1) is 6.20 Å². The predicted octanol–water partition coefficient (Wildman–Crippen LogP) is 0.0873. The molecule has 0 aliphatic carbocycles. The molecule has 16 heavy (non-hydrogen) atoms. The van der Waals surface area contributed by atoms with E-state index in [4.69, 9.17) is 0 Å². The van der Waals surface area contributed by atoms with Gasteiger partial charge in [0.15, 0.2) is 5.65 Å². The molecule has 0 fully saturated rings. The van der Waals surface area contributed by atoms with Gasteiger partial charge in [-0.15, -0.1) is 0 Å². The van der Waals surface area contributed by atoms with E-state index in [0.29, 0.717) is 17.7 Å². The summed E-state index contributed by atoms with van der Waals surface area (Å²) in [6.07, 6.45) is 3.54. The molecule has 0 unspecified atom stereocenters. The molecule has 0 aliphatic rings. The minimum atomic E-state index is -0.510. The number of fused-ring (bicyclic) bond motifs is 1. The van der Waals surface area contributed by atoms with Gasteiger partial charge in [0.25, 0.3) is 0 Å². The first-order chi connectivity index (χ1) is 7.74. The number of hydrogen-bond acceptors (Lipinski definition) is 4. The van der Waals surface area contributed by atoms with Crippen LogP contribution in [-0.2, 0) is 0 Å². The van der Waals surface area contributed by atoms with Crippen LogP contribution in [0.4, 0.5) is 4.79 Å². The Bertz CT molecular complexity index is 571. The zero-order valence-corrected chi connectivity index (χ0v) is 8.73. The van der Waals surface area contributed by atoms with Crippen LogP contribution in [0.5, 0.6) is 0 Å². The third-order valence-corrected chi connectivity index (χ3v) is 2.09. The number of carbonyl (C=O) groups excluding carboxylic acids is 1. The van der Waals surface area contributed by atoms with E-state index in [9.17, 15) is 9.59 Å². The van der Waals surface area contributed by atoms with Gasteiger partial charge in [0.2, 0.25) is 0 Å². The fourth-order valence-corrected chi connectivity index (χ4v) is 1.36. The van der Waals surface area contributed by atoms with Gasteiger partial charge in [-0.3, -0.25) is 4.98 Å². The number of carbonyl (C=O) groups is 1. The lowest BCUT2D eigenvalue weighted by Crippen LogP contribution is -2.35. The maximum absolute atomic E-state index is 11.7. The van der Waals surface area contributed by atoms with Gasteiger partial charge in [0, 0.05) is 6.54 Å². The number of H-pyrrole nitrogens is 1. The highest BCUT2D eigenvalue weighted by molar-refractivity contribution is 5.86. The van der Waals surface area contributed by atoms with Crippen LogP contribution in [0, 0.1) is 0 Å². The minimum Gasteiger partial charge on any atom is -0.337 e. The average Bonchev–Trinajstić information content (AvgIpc) is 2.62. The number of rotatable bonds is 2. The highest BCUT2D eigenvalue weighted by Gasteiger charge is 2.13. The quantitative estimate of drug-likeness (QED) is 0.751. The maximum atomic E-state index is 11.7. The fourth-order valence-electron chi connectivity index (χ4n) is 1.36. The summed E-state index contributed by atoms with van der Waals surface area (Å²) in [5, 5.41) is 2.62. The monoisotopic (exact) mass is 221 g/mol. The van der Waals surface area contributed by atoms with Crippen molar-refractivity contribution in [2.75, 3.05) is 6.54 Å². The van der Waals surface area contributed by atoms with Crippen molar-refractivity contribution >= 4 is 17.2 Å². The molecule has 0 spiro atoms. The van der Waals surface area contributed by atoms with Crippen molar-refractivity contribution in [1.82, 2.24) is 24.8 Å². The number of hydrogen-bond donors (Lipinski definition) is 2. The van der Waals surface area contributed by atoms with Crippen molar-refractivity contribution < 1.29 is 4.79 Å². The van der Waals surface area contributed by atoms with Gasteiger partial charge >= 0.3 is 11.7 Å². The fraction of sp³-hybridized carbons (Fsp3) is 0.333. The zero-order valence-electron chi connectivity index (χ0n) is 8.73. The zero-order chi connectivity index (χ0) is 11.5. The van der Waals surface area contributed by atoms with E-state index in [1.807, 2.05) is 6.92 Å². The summed E-state index contributed by atoms with van der Waals surface area (Å²) in [5.74, 6) is 0. The summed E-state index contributed by atoms with van der Waals surface area (Å²) in [6.45, 7) is 2.45. The number of amides is 1. The summed E-state index contributed by atoms with van der Waals surface area (Å²) >= 11 is 0. The van der Waals surface area contributed by atoms with Gasteiger partial charge in [-0.1, -0.05) is 6.92 Å². The Morgan fingerprint density at radius 2 is 2.44 bits per heavy atom. The molecular weight excluding hydrogens is 210 g/mol. The Labute approximate surface area is 90.5 Å². The Hall–Kier alpha value is -2.18. The third-order valence-electron chi connectivity index (χ3n) is 2.09. The lowest BCUT2D eigenvalue weighted by atomic mass is 10.5. The van der Waals surface area contributed by atoms with Gasteiger partial charge < -0.3 is 5.32 Å². The van der Waals surface area contributed by atoms with Crippen LogP contribution in [-0.4, -0.2) is 32.1 Å². The number of aromatic nitrogens is 4. The molecule has 2 aromatic heterocycles. The van der Waals surface area contributed by atoms with Crippen molar-refractivity contribution in [3.8, 4) is 0 Å². The molecule has 0 aliphatic heterocycles. The van der Waals surface area contributed by atoms with Crippen molar-refractivity contribution in [3.63, 3.8) is 0 Å². The summed E-state index contributed by atoms with van der Waals surface area (Å²) in [6, 6.07) is -0.465. The highest BCUT2D eigenvalue weighted by atomic mass is 16.2. The normalized spacial score (nSPS) is 10.6. The molecule has 2 rings (SSSR count). The molecule has 2 aromatic rings. The van der Waals surface area contributed by atoms with Crippen molar-refractivity contribution in [3.05, 3.63) is 23.0 Å². The largest absolute Gasteiger partial charge is 0.337 e. The van der Waals surface area contributed by atoms with E-state index >= 15 is 0 Å². The highest BCUT2D eigenvalue weighted by Crippen LogP contribution is 2.02. The lowest BCUT2D eigenvalue weighted by Gasteiger charge is -2.02. The van der Waals surface area contributed by atoms with Crippen LogP contribution in [0.25, 0.3) is 11.2 Å². The topological polar surface area (TPSA) is 92.7 Å². The molecule has 2 heterocycles. The van der Waals surface area contributed by atoms with E-state index in [2.05, 4.69) is 20.3 Å². The molecule has 0 saturated carbocycles. The summed E-state index contributed by atoms with van der Waals surface area (Å²) in [7, 11) is 0. The third kappa shape index (κ3) is 1.67. The van der Waals surface area contributed by atoms with Crippen molar-refractivity contribution in [2.24, 2.45) is 0 Å². The average molecular weight is 221 g/mol. The van der Waals surface area contributed by atoms with E-state index in [-0.39, 0.29) is 0 Å². The lowest BCUT2D eigenvalue weighted by molar-refractivity contribution is 0.242. The van der Waals surface area contributed by atoms with Crippen molar-refractivity contribution in [2.45, 2.75) is 13.3 Å². The van der Waals surface area contributed by atoms with Crippen molar-refractivity contribution in [1.29, 1.82) is 0 Å². The first kappa shape index (κ1) is 10.3. The van der Waals surface area contributed by atoms with Crippen LogP contribution >= 0.6 is 0 Å². The van der Waals surface area contributed by atoms with Crippen LogP contribution < -0.4 is 11.0 Å². The van der Waals surface area contributed by atoms with E-state index in [0.717, 1.165) is 11.0 Å². The molecule has 1 amide bonds. The predicted molar refractivity (Wildman–Crippen MR) is 57.2 cm³/mol. The molecule has 84 valence electrons. The molecule has 0 radical (unpaired) electrons. The molecule has 0 atom stereocenters. The molecule has 0 aromatic carbocycles. The van der Waals surface area contributed by atoms with Crippen LogP contribution in [0.2, 0.25) is 0 Å². The van der Waals surface area contributed by atoms with Crippen LogP contribution in [0.3, 0.4) is 0 Å². The smallest absolute Gasteiger partial charge is 0.336 e. The molecule has 2 N–H and O–H groups in total. The van der Waals surface area contributed by atoms with E-state index in [1.54, 1.807) is 0 Å². The number of nitrogens with one attached hydrogen (secondary N) is 2. The number of aromatic amines is 1. The minimum absolute atomic E-state index is 0.353. The second-order valence-electron chi connectivity index (χ2n) is 3.25. The Balaban J connectivity index is 2.47. The summed E-state index contributed by atoms with van der Waals surface area (Å²) in [5.41, 5.74) is 0.219. The number of imidazole rings is 1. The summed E-state index contributed by atoms with van der Waals surface area (Å²) < 4.78 is 0.991. The molecular formula is C9H11N5O2. The summed E-state index contributed by atoms with van der Waals surface area (Å²) in [4.78, 5) is 33.3. The van der Waals surface area contributed by atoms with E-state index in [1.165, 1.54) is 12.5 Å². The molecule has 0 bridgehead atoms. The standard InChI is InChI=1S/C9H11N5O2/c1-2-3-11-8(15)14-6-4-10-5-12-7(6)13-9(14)16/h4-5H,2-3H2,1H3,(H,11,15)(H,10,12,13,16). The van der Waals surface area contributed by atoms with E-state index < -0.39 is 11.7 Å². The van der Waals surface area contributed by atoms with Crippen LogP contribution in [0.15, 0.2) is 17.3 Å². The SMILES string of the molecule is CCCNC(=O)n1c(=O)[nH]c2ncncc21. The second kappa shape index (κ2) is 4.13. The van der Waals surface area contributed by atoms with Gasteiger partial charge in [0.1, 0.15) is 11.8 Å². The van der Waals surface area contributed by atoms with Crippen LogP contribution in [0.1, 0.15) is 13.3 Å². The molecule has 0 saturated heterocycles. The first-order valence-electron chi connectivity index (χ1n) is 4.93. The van der Waals surface area contributed by atoms with Gasteiger partial charge in [-0.2, -0.15) is 0 Å². The second-order valence-corrected chi connectivity index (χ2v) is 3.25. The maximum Gasteiger partial charge on any atom is 0.336 e. The van der Waals surface area contributed by atoms with Gasteiger partial charge in [-0.05, 0) is 6.42 Å². The molecule has 7 heteroatoms. The Morgan fingerprint density at radius 1 is 1.62 bits per heavy atom. The Morgan fingerprint density at radius 3 is 3.19 bits per heavy atom.